The summed E-state index contributed by atoms with van der Waals surface area (Å²) in [5.74, 6) is 0. The van der Waals surface area contributed by atoms with E-state index in [4.69, 9.17) is 0 Å². The Morgan fingerprint density at radius 3 is 2.10 bits per heavy atom. The van der Waals surface area contributed by atoms with Crippen LogP contribution in [0.3, 0.4) is 0 Å². The molecule has 1 heterocycles. The molecule has 2 fully saturated rings. The fourth-order valence-electron chi connectivity index (χ4n) is 4.07. The van der Waals surface area contributed by atoms with Gasteiger partial charge in [-0.2, -0.15) is 0 Å². The van der Waals surface area contributed by atoms with Crippen molar-refractivity contribution in [3.63, 3.8) is 0 Å². The zero-order valence-electron chi connectivity index (χ0n) is 13.7. The summed E-state index contributed by atoms with van der Waals surface area (Å²) in [6.45, 7) is 6.21. The van der Waals surface area contributed by atoms with Crippen molar-refractivity contribution in [1.29, 1.82) is 0 Å². The average molecular weight is 280 g/mol. The molecule has 0 amide bonds. The van der Waals surface area contributed by atoms with E-state index in [0.29, 0.717) is 0 Å². The minimum absolute atomic E-state index is 0.759. The summed E-state index contributed by atoms with van der Waals surface area (Å²) in [5.41, 5.74) is 0. The van der Waals surface area contributed by atoms with Gasteiger partial charge in [0.15, 0.2) is 0 Å². The topological polar surface area (TPSA) is 15.3 Å². The standard InChI is InChI=1S/C18H36N2/c1-2-14-19-17-12-8-4-5-9-13-18(17)20-15-10-6-3-7-11-16-20/h17-19H,2-16H2,1H3. The van der Waals surface area contributed by atoms with Crippen molar-refractivity contribution in [2.24, 2.45) is 0 Å². The molecule has 0 aromatic carbocycles. The van der Waals surface area contributed by atoms with Crippen LogP contribution in [0.5, 0.6) is 0 Å². The van der Waals surface area contributed by atoms with Crippen molar-refractivity contribution in [1.82, 2.24) is 10.2 Å². The number of hydrogen-bond donors (Lipinski definition) is 1. The molecule has 2 aliphatic rings. The number of nitrogens with one attached hydrogen (secondary N) is 1. The van der Waals surface area contributed by atoms with Crippen molar-refractivity contribution >= 4 is 0 Å². The third-order valence-electron chi connectivity index (χ3n) is 5.25. The Morgan fingerprint density at radius 2 is 1.40 bits per heavy atom. The van der Waals surface area contributed by atoms with Gasteiger partial charge >= 0.3 is 0 Å². The lowest BCUT2D eigenvalue weighted by Gasteiger charge is -2.40. The van der Waals surface area contributed by atoms with Crippen LogP contribution in [-0.4, -0.2) is 36.6 Å². The van der Waals surface area contributed by atoms with Gasteiger partial charge in [0.2, 0.25) is 0 Å². The maximum Gasteiger partial charge on any atom is 0.0249 e. The van der Waals surface area contributed by atoms with E-state index in [2.05, 4.69) is 17.1 Å². The number of hydrogen-bond acceptors (Lipinski definition) is 2. The lowest BCUT2D eigenvalue weighted by Crippen LogP contribution is -2.51. The summed E-state index contributed by atoms with van der Waals surface area (Å²) < 4.78 is 0. The molecule has 1 aliphatic heterocycles. The quantitative estimate of drug-likeness (QED) is 0.824. The van der Waals surface area contributed by atoms with E-state index < -0.39 is 0 Å². The van der Waals surface area contributed by atoms with E-state index in [9.17, 15) is 0 Å². The molecule has 2 heteroatoms. The highest BCUT2D eigenvalue weighted by atomic mass is 15.2. The lowest BCUT2D eigenvalue weighted by atomic mass is 9.90. The first kappa shape index (κ1) is 16.3. The molecule has 2 rings (SSSR count). The van der Waals surface area contributed by atoms with Crippen LogP contribution in [0.25, 0.3) is 0 Å². The van der Waals surface area contributed by atoms with Gasteiger partial charge in [-0.25, -0.2) is 0 Å². The van der Waals surface area contributed by atoms with E-state index in [1.165, 1.54) is 96.7 Å². The number of rotatable bonds is 4. The SMILES string of the molecule is CCCNC1CCCCCCC1N1CCCCCCC1. The molecule has 0 spiro atoms. The van der Waals surface area contributed by atoms with Crippen LogP contribution in [0.2, 0.25) is 0 Å². The summed E-state index contributed by atoms with van der Waals surface area (Å²) in [5, 5.41) is 3.88. The molecule has 1 saturated heterocycles. The maximum absolute atomic E-state index is 3.88. The molecule has 20 heavy (non-hydrogen) atoms. The van der Waals surface area contributed by atoms with Crippen LogP contribution in [0.1, 0.15) is 84.0 Å². The van der Waals surface area contributed by atoms with Crippen molar-refractivity contribution in [3.05, 3.63) is 0 Å². The first-order valence-corrected chi connectivity index (χ1v) is 9.39. The summed E-state index contributed by atoms with van der Waals surface area (Å²) in [6, 6.07) is 1.58. The van der Waals surface area contributed by atoms with Gasteiger partial charge in [-0.15, -0.1) is 0 Å². The molecular weight excluding hydrogens is 244 g/mol. The Morgan fingerprint density at radius 1 is 0.800 bits per heavy atom. The van der Waals surface area contributed by atoms with Gasteiger partial charge in [0.1, 0.15) is 0 Å². The molecule has 1 saturated carbocycles. The summed E-state index contributed by atoms with van der Waals surface area (Å²) in [4.78, 5) is 2.86. The molecule has 118 valence electrons. The van der Waals surface area contributed by atoms with Crippen molar-refractivity contribution < 1.29 is 0 Å². The van der Waals surface area contributed by atoms with Crippen molar-refractivity contribution in [2.45, 2.75) is 96.1 Å². The Hall–Kier alpha value is -0.0800. The minimum Gasteiger partial charge on any atom is -0.312 e. The Labute approximate surface area is 126 Å². The molecule has 2 unspecified atom stereocenters. The highest BCUT2D eigenvalue weighted by Gasteiger charge is 2.27. The third kappa shape index (κ3) is 5.37. The van der Waals surface area contributed by atoms with Crippen LogP contribution >= 0.6 is 0 Å². The highest BCUT2D eigenvalue weighted by molar-refractivity contribution is 4.86. The third-order valence-corrected chi connectivity index (χ3v) is 5.25. The van der Waals surface area contributed by atoms with Crippen LogP contribution in [-0.2, 0) is 0 Å². The van der Waals surface area contributed by atoms with Crippen LogP contribution in [0.4, 0.5) is 0 Å². The predicted molar refractivity (Wildman–Crippen MR) is 88.2 cm³/mol. The summed E-state index contributed by atoms with van der Waals surface area (Å²) in [6.07, 6.45) is 17.1. The highest BCUT2D eigenvalue weighted by Crippen LogP contribution is 2.24. The predicted octanol–water partition coefficient (Wildman–Crippen LogP) is 4.34. The van der Waals surface area contributed by atoms with E-state index in [-0.39, 0.29) is 0 Å². The van der Waals surface area contributed by atoms with Gasteiger partial charge in [0.25, 0.3) is 0 Å². The van der Waals surface area contributed by atoms with Crippen molar-refractivity contribution in [3.8, 4) is 0 Å². The second-order valence-electron chi connectivity index (χ2n) is 6.92. The van der Waals surface area contributed by atoms with Gasteiger partial charge in [0.05, 0.1) is 0 Å². The molecule has 0 bridgehead atoms. The Kier molecular flexibility index (Phi) is 7.97. The first-order valence-electron chi connectivity index (χ1n) is 9.39. The van der Waals surface area contributed by atoms with Crippen LogP contribution in [0.15, 0.2) is 0 Å². The number of nitrogens with zero attached hydrogens (tertiary/aromatic N) is 1. The molecule has 1 N–H and O–H groups in total. The van der Waals surface area contributed by atoms with Gasteiger partial charge in [-0.3, -0.25) is 4.90 Å². The molecule has 1 aliphatic carbocycles. The molecular formula is C18H36N2. The zero-order valence-corrected chi connectivity index (χ0v) is 13.7. The Bertz CT molecular complexity index is 218. The van der Waals surface area contributed by atoms with Crippen LogP contribution in [0, 0.1) is 0 Å². The fourth-order valence-corrected chi connectivity index (χ4v) is 4.07. The second-order valence-corrected chi connectivity index (χ2v) is 6.92. The maximum atomic E-state index is 3.88. The second kappa shape index (κ2) is 9.78. The molecule has 0 radical (unpaired) electrons. The first-order chi connectivity index (χ1) is 9.92. The largest absolute Gasteiger partial charge is 0.312 e. The summed E-state index contributed by atoms with van der Waals surface area (Å²) in [7, 11) is 0. The average Bonchev–Trinajstić information content (AvgIpc) is 2.39. The Balaban J connectivity index is 1.95. The molecule has 0 aromatic heterocycles. The summed E-state index contributed by atoms with van der Waals surface area (Å²) >= 11 is 0. The van der Waals surface area contributed by atoms with Crippen molar-refractivity contribution in [2.75, 3.05) is 19.6 Å². The van der Waals surface area contributed by atoms with E-state index in [0.717, 1.165) is 12.1 Å². The van der Waals surface area contributed by atoms with E-state index >= 15 is 0 Å². The van der Waals surface area contributed by atoms with Gasteiger partial charge < -0.3 is 5.32 Å². The van der Waals surface area contributed by atoms with Gasteiger partial charge in [0, 0.05) is 12.1 Å². The van der Waals surface area contributed by atoms with Crippen LogP contribution < -0.4 is 5.32 Å². The normalized spacial score (nSPS) is 31.1. The lowest BCUT2D eigenvalue weighted by molar-refractivity contribution is 0.122. The number of likely N-dealkylation sites (tertiary alicyclic amines) is 1. The minimum atomic E-state index is 0.759. The van der Waals surface area contributed by atoms with Gasteiger partial charge in [-0.1, -0.05) is 51.9 Å². The zero-order chi connectivity index (χ0) is 14.0. The van der Waals surface area contributed by atoms with E-state index in [1.54, 1.807) is 0 Å². The molecule has 2 nitrogen and oxygen atoms in total. The fraction of sp³-hybridized carbons (Fsp3) is 1.00. The molecule has 0 aromatic rings. The molecule has 2 atom stereocenters. The smallest absolute Gasteiger partial charge is 0.0249 e. The van der Waals surface area contributed by atoms with E-state index in [1.807, 2.05) is 0 Å². The monoisotopic (exact) mass is 280 g/mol. The van der Waals surface area contributed by atoms with Gasteiger partial charge in [-0.05, 0) is 51.7 Å².